The smallest absolute Gasteiger partial charge is 0.330 e. The number of carbonyl (C=O) groups is 3. The number of carbonyl (C=O) groups excluding carboxylic acids is 3. The first kappa shape index (κ1) is 21.8. The molecule has 0 bridgehead atoms. The van der Waals surface area contributed by atoms with Gasteiger partial charge in [0.1, 0.15) is 5.82 Å². The second-order valence-electron chi connectivity index (χ2n) is 6.25. The molecule has 2 atom stereocenters. The predicted molar refractivity (Wildman–Crippen MR) is 107 cm³/mol. The molecule has 1 aromatic rings. The summed E-state index contributed by atoms with van der Waals surface area (Å²) < 4.78 is 18.4. The zero-order valence-electron chi connectivity index (χ0n) is 15.4. The summed E-state index contributed by atoms with van der Waals surface area (Å²) >= 11 is 3.09. The van der Waals surface area contributed by atoms with Crippen LogP contribution in [0.3, 0.4) is 0 Å². The molecule has 1 aliphatic heterocycles. The maximum atomic E-state index is 13.3. The van der Waals surface area contributed by atoms with E-state index < -0.39 is 17.9 Å². The van der Waals surface area contributed by atoms with Gasteiger partial charge in [0.25, 0.3) is 0 Å². The Hall–Kier alpha value is -2.48. The third-order valence-electron chi connectivity index (χ3n) is 4.15. The van der Waals surface area contributed by atoms with Gasteiger partial charge in [-0.2, -0.15) is 0 Å². The molecule has 0 aromatic heterocycles. The number of esters is 1. The van der Waals surface area contributed by atoms with Crippen LogP contribution in [0.4, 0.5) is 4.39 Å². The van der Waals surface area contributed by atoms with E-state index in [1.165, 1.54) is 24.3 Å². The first-order chi connectivity index (χ1) is 13.4. The number of hydrogen-bond acceptors (Lipinski definition) is 4. The van der Waals surface area contributed by atoms with Crippen molar-refractivity contribution in [1.82, 2.24) is 10.6 Å². The van der Waals surface area contributed by atoms with E-state index in [1.54, 1.807) is 25.1 Å². The lowest BCUT2D eigenvalue weighted by Crippen LogP contribution is -2.35. The van der Waals surface area contributed by atoms with Crippen molar-refractivity contribution in [2.45, 2.75) is 25.8 Å². The third-order valence-corrected chi connectivity index (χ3v) is 4.76. The van der Waals surface area contributed by atoms with Gasteiger partial charge in [0.2, 0.25) is 11.8 Å². The Morgan fingerprint density at radius 2 is 2.21 bits per heavy atom. The Labute approximate surface area is 171 Å². The molecule has 1 heterocycles. The van der Waals surface area contributed by atoms with Crippen LogP contribution in [0.15, 0.2) is 40.9 Å². The minimum Gasteiger partial charge on any atom is -0.463 e. The highest BCUT2D eigenvalue weighted by molar-refractivity contribution is 9.10. The molecule has 0 spiro atoms. The van der Waals surface area contributed by atoms with Gasteiger partial charge in [-0.3, -0.25) is 9.59 Å². The molecule has 2 unspecified atom stereocenters. The predicted octanol–water partition coefficient (Wildman–Crippen LogP) is 2.73. The number of amides is 2. The molecule has 0 saturated carbocycles. The van der Waals surface area contributed by atoms with E-state index in [2.05, 4.69) is 26.6 Å². The van der Waals surface area contributed by atoms with Crippen LogP contribution in [0.1, 0.15) is 25.3 Å². The fourth-order valence-electron chi connectivity index (χ4n) is 2.77. The molecule has 6 nitrogen and oxygen atoms in total. The highest BCUT2D eigenvalue weighted by atomic mass is 79.9. The van der Waals surface area contributed by atoms with Gasteiger partial charge in [0.05, 0.1) is 11.1 Å². The SMILES string of the molecule is CCOC(=O)C=CC(CC1CCNC1=O)NC(=O)C=Cc1ccc(F)c(Br)c1. The molecule has 1 aliphatic rings. The highest BCUT2D eigenvalue weighted by Crippen LogP contribution is 2.18. The van der Waals surface area contributed by atoms with Crippen LogP contribution >= 0.6 is 15.9 Å². The van der Waals surface area contributed by atoms with Crippen molar-refractivity contribution in [3.8, 4) is 0 Å². The molecule has 0 radical (unpaired) electrons. The van der Waals surface area contributed by atoms with Gasteiger partial charge < -0.3 is 15.4 Å². The second-order valence-corrected chi connectivity index (χ2v) is 7.10. The van der Waals surface area contributed by atoms with E-state index in [4.69, 9.17) is 4.74 Å². The number of nitrogens with one attached hydrogen (secondary N) is 2. The number of benzene rings is 1. The summed E-state index contributed by atoms with van der Waals surface area (Å²) in [7, 11) is 0. The lowest BCUT2D eigenvalue weighted by molar-refractivity contribution is -0.137. The molecule has 2 N–H and O–H groups in total. The molecule has 1 saturated heterocycles. The van der Waals surface area contributed by atoms with Crippen molar-refractivity contribution in [2.75, 3.05) is 13.2 Å². The maximum absolute atomic E-state index is 13.3. The standard InChI is InChI=1S/C20H22BrFN2O4/c1-2-28-19(26)8-5-15(12-14-9-10-23-20(14)27)24-18(25)7-4-13-3-6-17(22)16(21)11-13/h3-8,11,14-15H,2,9-10,12H2,1H3,(H,23,27)(H,24,25). The summed E-state index contributed by atoms with van der Waals surface area (Å²) in [5, 5.41) is 5.53. The zero-order valence-corrected chi connectivity index (χ0v) is 17.0. The van der Waals surface area contributed by atoms with Crippen molar-refractivity contribution < 1.29 is 23.5 Å². The average molecular weight is 453 g/mol. The quantitative estimate of drug-likeness (QED) is 0.469. The van der Waals surface area contributed by atoms with E-state index in [1.807, 2.05) is 0 Å². The highest BCUT2D eigenvalue weighted by Gasteiger charge is 2.26. The summed E-state index contributed by atoms with van der Waals surface area (Å²) in [5.74, 6) is -1.58. The number of hydrogen-bond donors (Lipinski definition) is 2. The summed E-state index contributed by atoms with van der Waals surface area (Å²) in [6.07, 6.45) is 6.71. The molecular formula is C20H22BrFN2O4. The van der Waals surface area contributed by atoms with Gasteiger partial charge in [-0.1, -0.05) is 12.1 Å². The van der Waals surface area contributed by atoms with Crippen molar-refractivity contribution in [3.05, 3.63) is 52.3 Å². The summed E-state index contributed by atoms with van der Waals surface area (Å²) in [6.45, 7) is 2.55. The van der Waals surface area contributed by atoms with Gasteiger partial charge in [-0.05, 0) is 59.5 Å². The minimum atomic E-state index is -0.510. The van der Waals surface area contributed by atoms with Crippen LogP contribution in [0.2, 0.25) is 0 Å². The molecule has 1 aromatic carbocycles. The number of rotatable bonds is 8. The lowest BCUT2D eigenvalue weighted by atomic mass is 9.98. The average Bonchev–Trinajstić information content (AvgIpc) is 3.05. The summed E-state index contributed by atoms with van der Waals surface area (Å²) in [6, 6.07) is 3.89. The van der Waals surface area contributed by atoms with Crippen molar-refractivity contribution in [3.63, 3.8) is 0 Å². The van der Waals surface area contributed by atoms with E-state index in [0.717, 1.165) is 0 Å². The molecule has 0 aliphatic carbocycles. The number of halogens is 2. The van der Waals surface area contributed by atoms with Crippen molar-refractivity contribution in [2.24, 2.45) is 5.92 Å². The van der Waals surface area contributed by atoms with Crippen LogP contribution in [0.25, 0.3) is 6.08 Å². The summed E-state index contributed by atoms with van der Waals surface area (Å²) in [5.41, 5.74) is 0.650. The Bertz CT molecular complexity index is 794. The van der Waals surface area contributed by atoms with Crippen LogP contribution in [0, 0.1) is 11.7 Å². The van der Waals surface area contributed by atoms with Crippen molar-refractivity contribution in [1.29, 1.82) is 0 Å². The lowest BCUT2D eigenvalue weighted by Gasteiger charge is -2.17. The van der Waals surface area contributed by atoms with Gasteiger partial charge in [-0.25, -0.2) is 9.18 Å². The summed E-state index contributed by atoms with van der Waals surface area (Å²) in [4.78, 5) is 35.6. The van der Waals surface area contributed by atoms with Crippen LogP contribution in [0.5, 0.6) is 0 Å². The molecule has 28 heavy (non-hydrogen) atoms. The largest absolute Gasteiger partial charge is 0.463 e. The van der Waals surface area contributed by atoms with E-state index >= 15 is 0 Å². The van der Waals surface area contributed by atoms with Crippen LogP contribution in [-0.2, 0) is 19.1 Å². The van der Waals surface area contributed by atoms with E-state index in [-0.39, 0.29) is 24.2 Å². The van der Waals surface area contributed by atoms with E-state index in [9.17, 15) is 18.8 Å². The Morgan fingerprint density at radius 3 is 2.86 bits per heavy atom. The Kier molecular flexibility index (Phi) is 8.38. The first-order valence-electron chi connectivity index (χ1n) is 8.95. The Morgan fingerprint density at radius 1 is 1.43 bits per heavy atom. The molecular weight excluding hydrogens is 431 g/mol. The zero-order chi connectivity index (χ0) is 20.5. The molecule has 8 heteroatoms. The van der Waals surface area contributed by atoms with Crippen LogP contribution < -0.4 is 10.6 Å². The van der Waals surface area contributed by atoms with Gasteiger partial charge in [-0.15, -0.1) is 0 Å². The minimum absolute atomic E-state index is 0.0597. The second kappa shape index (κ2) is 10.8. The fourth-order valence-corrected chi connectivity index (χ4v) is 3.16. The molecule has 2 rings (SSSR count). The van der Waals surface area contributed by atoms with Gasteiger partial charge in [0.15, 0.2) is 0 Å². The third kappa shape index (κ3) is 6.92. The first-order valence-corrected chi connectivity index (χ1v) is 9.74. The monoisotopic (exact) mass is 452 g/mol. The van der Waals surface area contributed by atoms with Gasteiger partial charge >= 0.3 is 5.97 Å². The molecule has 2 amide bonds. The van der Waals surface area contributed by atoms with Crippen LogP contribution in [-0.4, -0.2) is 37.0 Å². The van der Waals surface area contributed by atoms with Gasteiger partial charge in [0, 0.05) is 30.7 Å². The normalized spacial score (nSPS) is 17.7. The van der Waals surface area contributed by atoms with Crippen molar-refractivity contribution >= 4 is 39.8 Å². The fraction of sp³-hybridized carbons (Fsp3) is 0.350. The number of ether oxygens (including phenoxy) is 1. The maximum Gasteiger partial charge on any atom is 0.330 e. The molecule has 150 valence electrons. The Balaban J connectivity index is 2.03. The molecule has 1 fully saturated rings. The topological polar surface area (TPSA) is 84.5 Å². The van der Waals surface area contributed by atoms with E-state index in [0.29, 0.717) is 29.4 Å².